The van der Waals surface area contributed by atoms with Gasteiger partial charge >= 0.3 is 0 Å². The summed E-state index contributed by atoms with van der Waals surface area (Å²) in [6.07, 6.45) is 0. The van der Waals surface area contributed by atoms with Crippen LogP contribution in [-0.2, 0) is 11.3 Å². The molecule has 0 saturated carbocycles. The summed E-state index contributed by atoms with van der Waals surface area (Å²) in [5.74, 6) is 1.40. The van der Waals surface area contributed by atoms with Crippen LogP contribution < -0.4 is 16.0 Å². The first-order valence-corrected chi connectivity index (χ1v) is 7.85. The molecular weight excluding hydrogens is 276 g/mol. The molecule has 0 heterocycles. The fourth-order valence-electron chi connectivity index (χ4n) is 1.80. The smallest absolute Gasteiger partial charge is 0.191 e. The minimum absolute atomic E-state index is 0.388. The van der Waals surface area contributed by atoms with Crippen LogP contribution in [0.3, 0.4) is 0 Å². The van der Waals surface area contributed by atoms with Gasteiger partial charge in [0.1, 0.15) is 0 Å². The van der Waals surface area contributed by atoms with Gasteiger partial charge in [0.15, 0.2) is 5.96 Å². The molecule has 0 aliphatic rings. The van der Waals surface area contributed by atoms with Crippen molar-refractivity contribution in [3.05, 3.63) is 29.8 Å². The number of aliphatic imine (C=N–C) groups is 1. The standard InChI is InChI=1S/C17H30N4O/c1-13(2)14(3)21-17(18-4)20-12-15-6-8-16(9-7-15)19-10-11-22-5/h6-9,13-14,19H,10-12H2,1-5H3,(H2,18,20,21). The Morgan fingerprint density at radius 2 is 1.86 bits per heavy atom. The van der Waals surface area contributed by atoms with Crippen molar-refractivity contribution >= 4 is 11.6 Å². The van der Waals surface area contributed by atoms with Crippen LogP contribution in [0, 0.1) is 5.92 Å². The fourth-order valence-corrected chi connectivity index (χ4v) is 1.80. The summed E-state index contributed by atoms with van der Waals surface area (Å²) < 4.78 is 5.02. The quantitative estimate of drug-likeness (QED) is 0.392. The molecule has 0 fully saturated rings. The number of nitrogens with one attached hydrogen (secondary N) is 3. The average molecular weight is 306 g/mol. The van der Waals surface area contributed by atoms with Crippen LogP contribution >= 0.6 is 0 Å². The van der Waals surface area contributed by atoms with Gasteiger partial charge in [-0.2, -0.15) is 0 Å². The van der Waals surface area contributed by atoms with Crippen LogP contribution in [-0.4, -0.2) is 39.3 Å². The number of guanidine groups is 1. The Morgan fingerprint density at radius 1 is 1.18 bits per heavy atom. The SMILES string of the molecule is CN=C(NCc1ccc(NCCOC)cc1)NC(C)C(C)C. The van der Waals surface area contributed by atoms with Gasteiger partial charge in [0, 0.05) is 39.0 Å². The van der Waals surface area contributed by atoms with Crippen LogP contribution in [0.1, 0.15) is 26.3 Å². The van der Waals surface area contributed by atoms with Crippen molar-refractivity contribution in [3.63, 3.8) is 0 Å². The summed E-state index contributed by atoms with van der Waals surface area (Å²) in [5.41, 5.74) is 2.33. The lowest BCUT2D eigenvalue weighted by molar-refractivity contribution is 0.211. The summed E-state index contributed by atoms with van der Waals surface area (Å²) >= 11 is 0. The predicted molar refractivity (Wildman–Crippen MR) is 94.4 cm³/mol. The van der Waals surface area contributed by atoms with Crippen LogP contribution in [0.2, 0.25) is 0 Å². The Morgan fingerprint density at radius 3 is 2.41 bits per heavy atom. The Kier molecular flexibility index (Phi) is 8.36. The molecule has 1 aromatic carbocycles. The van der Waals surface area contributed by atoms with E-state index in [9.17, 15) is 0 Å². The predicted octanol–water partition coefficient (Wildman–Crippen LogP) is 2.45. The highest BCUT2D eigenvalue weighted by molar-refractivity contribution is 5.79. The normalized spacial score (nSPS) is 13.1. The van der Waals surface area contributed by atoms with Crippen molar-refractivity contribution in [2.45, 2.75) is 33.4 Å². The topological polar surface area (TPSA) is 57.7 Å². The largest absolute Gasteiger partial charge is 0.383 e. The zero-order valence-corrected chi connectivity index (χ0v) is 14.4. The van der Waals surface area contributed by atoms with E-state index in [0.717, 1.165) is 24.7 Å². The third-order valence-electron chi connectivity index (χ3n) is 3.64. The number of benzene rings is 1. The molecule has 0 bridgehead atoms. The maximum absolute atomic E-state index is 5.02. The first kappa shape index (κ1) is 18.3. The molecule has 1 rings (SSSR count). The minimum Gasteiger partial charge on any atom is -0.383 e. The second kappa shape index (κ2) is 10.1. The number of ether oxygens (including phenoxy) is 1. The van der Waals surface area contributed by atoms with Gasteiger partial charge in [-0.1, -0.05) is 26.0 Å². The van der Waals surface area contributed by atoms with Crippen molar-refractivity contribution in [1.82, 2.24) is 10.6 Å². The van der Waals surface area contributed by atoms with Crippen molar-refractivity contribution in [2.75, 3.05) is 32.6 Å². The van der Waals surface area contributed by atoms with E-state index in [1.54, 1.807) is 14.2 Å². The molecule has 3 N–H and O–H groups in total. The highest BCUT2D eigenvalue weighted by Crippen LogP contribution is 2.09. The number of methoxy groups -OCH3 is 1. The van der Waals surface area contributed by atoms with Crippen molar-refractivity contribution in [3.8, 4) is 0 Å². The van der Waals surface area contributed by atoms with E-state index < -0.39 is 0 Å². The summed E-state index contributed by atoms with van der Waals surface area (Å²) in [7, 11) is 3.50. The fraction of sp³-hybridized carbons (Fsp3) is 0.588. The molecule has 0 saturated heterocycles. The zero-order chi connectivity index (χ0) is 16.4. The van der Waals surface area contributed by atoms with E-state index in [2.05, 4.69) is 66.0 Å². The van der Waals surface area contributed by atoms with Crippen LogP contribution in [0.25, 0.3) is 0 Å². The van der Waals surface area contributed by atoms with Gasteiger partial charge in [-0.25, -0.2) is 0 Å². The second-order valence-corrected chi connectivity index (χ2v) is 5.72. The maximum Gasteiger partial charge on any atom is 0.191 e. The molecule has 124 valence electrons. The molecular formula is C17H30N4O. The van der Waals surface area contributed by atoms with Crippen LogP contribution in [0.15, 0.2) is 29.3 Å². The van der Waals surface area contributed by atoms with Crippen molar-refractivity contribution in [2.24, 2.45) is 10.9 Å². The highest BCUT2D eigenvalue weighted by atomic mass is 16.5. The van der Waals surface area contributed by atoms with E-state index >= 15 is 0 Å². The van der Waals surface area contributed by atoms with Crippen LogP contribution in [0.5, 0.6) is 0 Å². The van der Waals surface area contributed by atoms with Gasteiger partial charge in [-0.05, 0) is 30.5 Å². The molecule has 0 spiro atoms. The zero-order valence-electron chi connectivity index (χ0n) is 14.4. The molecule has 22 heavy (non-hydrogen) atoms. The van der Waals surface area contributed by atoms with E-state index in [0.29, 0.717) is 18.6 Å². The molecule has 5 nitrogen and oxygen atoms in total. The van der Waals surface area contributed by atoms with E-state index in [1.165, 1.54) is 5.56 Å². The summed E-state index contributed by atoms with van der Waals surface area (Å²) in [5, 5.41) is 10.0. The van der Waals surface area contributed by atoms with Gasteiger partial charge in [0.2, 0.25) is 0 Å². The van der Waals surface area contributed by atoms with E-state index in [1.807, 2.05) is 0 Å². The third-order valence-corrected chi connectivity index (χ3v) is 3.64. The lowest BCUT2D eigenvalue weighted by Gasteiger charge is -2.20. The second-order valence-electron chi connectivity index (χ2n) is 5.72. The number of nitrogens with zero attached hydrogens (tertiary/aromatic N) is 1. The summed E-state index contributed by atoms with van der Waals surface area (Å²) in [4.78, 5) is 4.26. The molecule has 1 atom stereocenters. The lowest BCUT2D eigenvalue weighted by Crippen LogP contribution is -2.43. The van der Waals surface area contributed by atoms with Gasteiger partial charge in [-0.15, -0.1) is 0 Å². The average Bonchev–Trinajstić information content (AvgIpc) is 2.52. The first-order valence-electron chi connectivity index (χ1n) is 7.85. The minimum atomic E-state index is 0.388. The van der Waals surface area contributed by atoms with E-state index in [-0.39, 0.29) is 0 Å². The third kappa shape index (κ3) is 6.80. The van der Waals surface area contributed by atoms with E-state index in [4.69, 9.17) is 4.74 Å². The van der Waals surface area contributed by atoms with Gasteiger partial charge in [0.05, 0.1) is 6.61 Å². The van der Waals surface area contributed by atoms with Gasteiger partial charge < -0.3 is 20.7 Å². The van der Waals surface area contributed by atoms with Crippen LogP contribution in [0.4, 0.5) is 5.69 Å². The Bertz CT molecular complexity index is 442. The number of hydrogen-bond acceptors (Lipinski definition) is 3. The molecule has 1 aromatic rings. The van der Waals surface area contributed by atoms with Gasteiger partial charge in [-0.3, -0.25) is 4.99 Å². The maximum atomic E-state index is 5.02. The molecule has 1 unspecified atom stereocenters. The monoisotopic (exact) mass is 306 g/mol. The first-order chi connectivity index (χ1) is 10.6. The molecule has 0 radical (unpaired) electrons. The lowest BCUT2D eigenvalue weighted by atomic mass is 10.1. The van der Waals surface area contributed by atoms with Crippen molar-refractivity contribution in [1.29, 1.82) is 0 Å². The highest BCUT2D eigenvalue weighted by Gasteiger charge is 2.08. The van der Waals surface area contributed by atoms with Gasteiger partial charge in [0.25, 0.3) is 0 Å². The Hall–Kier alpha value is -1.75. The molecule has 5 heteroatoms. The Labute approximate surface area is 134 Å². The Balaban J connectivity index is 2.43. The molecule has 0 aliphatic heterocycles. The number of anilines is 1. The summed E-state index contributed by atoms with van der Waals surface area (Å²) in [6, 6.07) is 8.78. The number of rotatable bonds is 8. The molecule has 0 amide bonds. The molecule has 0 aliphatic carbocycles. The number of hydrogen-bond donors (Lipinski definition) is 3. The van der Waals surface area contributed by atoms with Crippen molar-refractivity contribution < 1.29 is 4.74 Å². The molecule has 0 aromatic heterocycles. The summed E-state index contributed by atoms with van der Waals surface area (Å²) in [6.45, 7) is 8.83.